The van der Waals surface area contributed by atoms with Gasteiger partial charge in [-0.15, -0.1) is 0 Å². The largest absolute Gasteiger partial charge is 0.0657 e. The highest BCUT2D eigenvalue weighted by molar-refractivity contribution is 6.55. The number of allylic oxidation sites excluding steroid dienone is 4. The highest BCUT2D eigenvalue weighted by atomic mass is 28.2. The van der Waals surface area contributed by atoms with E-state index in [0.717, 1.165) is 0 Å². The Morgan fingerprint density at radius 1 is 0.654 bits per heavy atom. The Balaban J connectivity index is 2.07. The van der Waals surface area contributed by atoms with Crippen molar-refractivity contribution in [3.8, 4) is 0 Å². The van der Waals surface area contributed by atoms with Crippen molar-refractivity contribution in [3.05, 3.63) is 87.0 Å². The molecule has 0 nitrogen and oxygen atoms in total. The molecule has 1 unspecified atom stereocenters. The van der Waals surface area contributed by atoms with Gasteiger partial charge in [-0.25, -0.2) is 0 Å². The molecule has 1 heteroatoms. The van der Waals surface area contributed by atoms with E-state index in [0.29, 0.717) is 11.5 Å². The van der Waals surface area contributed by atoms with E-state index in [1.807, 2.05) is 0 Å². The molecule has 0 bridgehead atoms. The minimum atomic E-state index is -0.457. The molecule has 1 aliphatic rings. The molecule has 2 aromatic rings. The Morgan fingerprint density at radius 2 is 1.15 bits per heavy atom. The lowest BCUT2D eigenvalue weighted by Crippen LogP contribution is -2.29. The average molecular weight is 361 g/mol. The molecule has 0 amide bonds. The molecule has 0 saturated heterocycles. The highest BCUT2D eigenvalue weighted by Gasteiger charge is 2.32. The molecule has 0 saturated carbocycles. The third-order valence-electron chi connectivity index (χ3n) is 6.32. The molecule has 0 N–H and O–H groups in total. The van der Waals surface area contributed by atoms with E-state index < -0.39 is 9.52 Å². The van der Waals surface area contributed by atoms with Crippen LogP contribution in [-0.4, -0.2) is 9.52 Å². The molecule has 0 aliphatic heterocycles. The third kappa shape index (κ3) is 3.64. The second-order valence-electron chi connectivity index (χ2n) is 8.31. The zero-order valence-corrected chi connectivity index (χ0v) is 18.8. The lowest BCUT2D eigenvalue weighted by Gasteiger charge is -2.28. The van der Waals surface area contributed by atoms with Crippen molar-refractivity contribution in [1.82, 2.24) is 0 Å². The van der Waals surface area contributed by atoms with E-state index in [-0.39, 0.29) is 0 Å². The minimum Gasteiger partial charge on any atom is -0.0657 e. The van der Waals surface area contributed by atoms with Crippen LogP contribution in [0.1, 0.15) is 55.5 Å². The van der Waals surface area contributed by atoms with E-state index in [2.05, 4.69) is 90.9 Å². The third-order valence-corrected chi connectivity index (χ3v) is 8.59. The summed E-state index contributed by atoms with van der Waals surface area (Å²) < 4.78 is 0. The molecular formula is C25H32Si. The minimum absolute atomic E-state index is 0.457. The van der Waals surface area contributed by atoms with Crippen LogP contribution in [0.2, 0.25) is 0 Å². The van der Waals surface area contributed by atoms with Crippen molar-refractivity contribution in [2.45, 2.75) is 54.0 Å². The fourth-order valence-corrected chi connectivity index (χ4v) is 7.51. The molecule has 3 rings (SSSR count). The van der Waals surface area contributed by atoms with Crippen LogP contribution in [0.25, 0.3) is 0 Å². The maximum absolute atomic E-state index is 2.42. The van der Waals surface area contributed by atoms with Gasteiger partial charge >= 0.3 is 0 Å². The van der Waals surface area contributed by atoms with Crippen LogP contribution in [-0.2, 0) is 0 Å². The lowest BCUT2D eigenvalue weighted by atomic mass is 9.88. The Bertz CT molecular complexity index is 837. The summed E-state index contributed by atoms with van der Waals surface area (Å²) in [6.07, 6.45) is 0. The summed E-state index contributed by atoms with van der Waals surface area (Å²) in [5.74, 6) is 0.574. The maximum Gasteiger partial charge on any atom is 0.0636 e. The van der Waals surface area contributed by atoms with Crippen molar-refractivity contribution >= 4 is 14.7 Å². The molecular weight excluding hydrogens is 328 g/mol. The fourth-order valence-electron chi connectivity index (χ4n) is 4.67. The van der Waals surface area contributed by atoms with E-state index in [4.69, 9.17) is 0 Å². The van der Waals surface area contributed by atoms with Crippen LogP contribution < -0.4 is 5.19 Å². The fraction of sp³-hybridized carbons (Fsp3) is 0.360. The summed E-state index contributed by atoms with van der Waals surface area (Å²) in [5.41, 5.74) is 12.5. The molecule has 0 spiro atoms. The van der Waals surface area contributed by atoms with Crippen LogP contribution in [0.4, 0.5) is 0 Å². The van der Waals surface area contributed by atoms with Crippen LogP contribution in [0, 0.1) is 26.7 Å². The Morgan fingerprint density at radius 3 is 1.65 bits per heavy atom. The summed E-state index contributed by atoms with van der Waals surface area (Å²) in [4.78, 5) is 0. The number of hydrogen-bond acceptors (Lipinski definition) is 0. The van der Waals surface area contributed by atoms with Gasteiger partial charge in [0.25, 0.3) is 0 Å². The molecule has 136 valence electrons. The second-order valence-corrected chi connectivity index (χ2v) is 10.4. The molecule has 26 heavy (non-hydrogen) atoms. The summed E-state index contributed by atoms with van der Waals surface area (Å²) in [7, 11) is -0.457. The smallest absolute Gasteiger partial charge is 0.0636 e. The second kappa shape index (κ2) is 7.40. The van der Waals surface area contributed by atoms with Crippen LogP contribution in [0.3, 0.4) is 0 Å². The molecule has 1 atom stereocenters. The van der Waals surface area contributed by atoms with Crippen molar-refractivity contribution in [2.75, 3.05) is 0 Å². The first kappa shape index (κ1) is 18.9. The highest BCUT2D eigenvalue weighted by Crippen LogP contribution is 2.44. The zero-order valence-electron chi connectivity index (χ0n) is 17.4. The van der Waals surface area contributed by atoms with Gasteiger partial charge in [-0.1, -0.05) is 75.5 Å². The van der Waals surface area contributed by atoms with Gasteiger partial charge in [0.15, 0.2) is 0 Å². The van der Waals surface area contributed by atoms with Crippen molar-refractivity contribution in [1.29, 1.82) is 0 Å². The van der Waals surface area contributed by atoms with Gasteiger partial charge < -0.3 is 0 Å². The Kier molecular flexibility index (Phi) is 5.38. The number of benzene rings is 2. The number of rotatable bonds is 4. The van der Waals surface area contributed by atoms with Crippen molar-refractivity contribution in [3.63, 3.8) is 0 Å². The Hall–Kier alpha value is -1.86. The first-order chi connectivity index (χ1) is 12.3. The van der Waals surface area contributed by atoms with Crippen LogP contribution in [0.5, 0.6) is 0 Å². The zero-order chi connectivity index (χ0) is 19.0. The molecule has 0 aromatic heterocycles. The molecule has 1 aliphatic carbocycles. The van der Waals surface area contributed by atoms with Crippen LogP contribution >= 0.6 is 0 Å². The summed E-state index contributed by atoms with van der Waals surface area (Å²) >= 11 is 0. The molecule has 2 aromatic carbocycles. The summed E-state index contributed by atoms with van der Waals surface area (Å²) in [5, 5.41) is 1.59. The predicted octanol–water partition coefficient (Wildman–Crippen LogP) is 5.45. The van der Waals surface area contributed by atoms with Gasteiger partial charge in [-0.2, -0.15) is 0 Å². The normalized spacial score (nSPS) is 17.0. The van der Waals surface area contributed by atoms with E-state index in [1.165, 1.54) is 33.4 Å². The molecule has 0 heterocycles. The Labute approximate surface area is 161 Å². The van der Waals surface area contributed by atoms with Crippen molar-refractivity contribution in [2.24, 2.45) is 5.92 Å². The SMILES string of the molecule is CC1=C(C)C(C([SiH2]c2cc(C)cc(C)c2)c2ccc(C)cc2)C(C)=C1C. The van der Waals surface area contributed by atoms with E-state index in [9.17, 15) is 0 Å². The summed E-state index contributed by atoms with van der Waals surface area (Å²) in [6, 6.07) is 16.5. The maximum atomic E-state index is 2.42. The van der Waals surface area contributed by atoms with Gasteiger partial charge in [-0.3, -0.25) is 0 Å². The lowest BCUT2D eigenvalue weighted by molar-refractivity contribution is 0.687. The first-order valence-electron chi connectivity index (χ1n) is 9.76. The first-order valence-corrected chi connectivity index (χ1v) is 11.3. The van der Waals surface area contributed by atoms with Gasteiger partial charge in [0.2, 0.25) is 0 Å². The van der Waals surface area contributed by atoms with Gasteiger partial charge in [0.1, 0.15) is 0 Å². The van der Waals surface area contributed by atoms with Crippen LogP contribution in [0.15, 0.2) is 64.8 Å². The van der Waals surface area contributed by atoms with Gasteiger partial charge in [-0.05, 0) is 70.7 Å². The number of aryl methyl sites for hydroxylation is 3. The van der Waals surface area contributed by atoms with Crippen molar-refractivity contribution < 1.29 is 0 Å². The topological polar surface area (TPSA) is 0 Å². The van der Waals surface area contributed by atoms with E-state index >= 15 is 0 Å². The quantitative estimate of drug-likeness (QED) is 0.636. The summed E-state index contributed by atoms with van der Waals surface area (Å²) in [6.45, 7) is 16.0. The standard InChI is InChI=1S/C25H32Si/c1-15-8-10-22(11-9-15)25(24-20(6)18(4)19(5)21(24)7)26-23-13-16(2)12-17(3)14-23/h8-14,24-25H,26H2,1-7H3. The molecule has 0 radical (unpaired) electrons. The van der Waals surface area contributed by atoms with Gasteiger partial charge in [0.05, 0.1) is 9.52 Å². The van der Waals surface area contributed by atoms with Gasteiger partial charge in [0, 0.05) is 5.92 Å². The number of hydrogen-bond donors (Lipinski definition) is 0. The monoisotopic (exact) mass is 360 g/mol. The average Bonchev–Trinajstić information content (AvgIpc) is 2.76. The van der Waals surface area contributed by atoms with E-state index in [1.54, 1.807) is 16.3 Å². The molecule has 0 fully saturated rings. The predicted molar refractivity (Wildman–Crippen MR) is 118 cm³/mol.